The van der Waals surface area contributed by atoms with E-state index in [1.54, 1.807) is 4.52 Å². The van der Waals surface area contributed by atoms with E-state index >= 15 is 0 Å². The van der Waals surface area contributed by atoms with Gasteiger partial charge in [-0.25, -0.2) is 0 Å². The number of hydrogen-bond donors (Lipinski definition) is 3. The molecule has 2 aliphatic rings. The molecule has 32 heavy (non-hydrogen) atoms. The Morgan fingerprint density at radius 3 is 2.59 bits per heavy atom. The van der Waals surface area contributed by atoms with Gasteiger partial charge in [-0.15, -0.1) is 5.10 Å². The summed E-state index contributed by atoms with van der Waals surface area (Å²) in [6.07, 6.45) is 6.21. The summed E-state index contributed by atoms with van der Waals surface area (Å²) < 4.78 is 1.78. The van der Waals surface area contributed by atoms with Crippen LogP contribution in [0.5, 0.6) is 0 Å². The minimum absolute atomic E-state index is 0.198. The first kappa shape index (κ1) is 20.9. The van der Waals surface area contributed by atoms with Gasteiger partial charge in [-0.2, -0.15) is 9.50 Å². The molecule has 1 aromatic carbocycles. The molecule has 1 amide bonds. The van der Waals surface area contributed by atoms with Crippen LogP contribution < -0.4 is 16.0 Å². The molecule has 1 aliphatic heterocycles. The zero-order valence-electron chi connectivity index (χ0n) is 18.4. The van der Waals surface area contributed by atoms with Gasteiger partial charge in [0.1, 0.15) is 5.82 Å². The standard InChI is InChI=1S/C24H31N7O/c32-23(19-11-9-18(10-12-19)17-30-15-13-25-14-16-30)28-24-27-22-8-4-7-21(31(22)29-24)26-20-5-2-1-3-6-20/h4,7-12,20,25-26H,1-3,5-6,13-17H2,(H,28,29,32). The predicted octanol–water partition coefficient (Wildman–Crippen LogP) is 3.13. The van der Waals surface area contributed by atoms with Gasteiger partial charge in [-0.05, 0) is 42.7 Å². The van der Waals surface area contributed by atoms with Crippen molar-refractivity contribution < 1.29 is 4.79 Å². The van der Waals surface area contributed by atoms with Gasteiger partial charge < -0.3 is 10.6 Å². The number of rotatable bonds is 6. The van der Waals surface area contributed by atoms with Gasteiger partial charge in [0.25, 0.3) is 5.91 Å². The Labute approximate surface area is 188 Å². The van der Waals surface area contributed by atoms with E-state index in [1.165, 1.54) is 37.7 Å². The van der Waals surface area contributed by atoms with Gasteiger partial charge in [-0.3, -0.25) is 15.0 Å². The summed E-state index contributed by atoms with van der Waals surface area (Å²) in [4.78, 5) is 19.7. The maximum atomic E-state index is 12.8. The Morgan fingerprint density at radius 1 is 1.03 bits per heavy atom. The van der Waals surface area contributed by atoms with Gasteiger partial charge in [0.05, 0.1) is 0 Å². The van der Waals surface area contributed by atoms with E-state index in [-0.39, 0.29) is 5.91 Å². The summed E-state index contributed by atoms with van der Waals surface area (Å²) in [6.45, 7) is 5.09. The Kier molecular flexibility index (Phi) is 6.31. The van der Waals surface area contributed by atoms with Gasteiger partial charge in [0.2, 0.25) is 5.95 Å². The summed E-state index contributed by atoms with van der Waals surface area (Å²) in [6, 6.07) is 14.2. The molecule has 0 atom stereocenters. The summed E-state index contributed by atoms with van der Waals surface area (Å²) in [5.74, 6) is 1.04. The molecule has 3 aromatic rings. The molecule has 1 aliphatic carbocycles. The number of fused-ring (bicyclic) bond motifs is 1. The molecule has 2 aromatic heterocycles. The molecule has 3 heterocycles. The second kappa shape index (κ2) is 9.67. The van der Waals surface area contributed by atoms with Gasteiger partial charge in [0.15, 0.2) is 5.65 Å². The molecule has 1 saturated carbocycles. The third kappa shape index (κ3) is 4.92. The van der Waals surface area contributed by atoms with Crippen molar-refractivity contribution in [2.75, 3.05) is 36.8 Å². The second-order valence-corrected chi connectivity index (χ2v) is 8.77. The van der Waals surface area contributed by atoms with E-state index in [1.807, 2.05) is 42.5 Å². The first-order chi connectivity index (χ1) is 15.7. The number of pyridine rings is 1. The third-order valence-corrected chi connectivity index (χ3v) is 6.37. The lowest BCUT2D eigenvalue weighted by Gasteiger charge is -2.27. The minimum Gasteiger partial charge on any atom is -0.367 e. The number of piperazine rings is 1. The van der Waals surface area contributed by atoms with Crippen molar-refractivity contribution in [1.82, 2.24) is 24.8 Å². The van der Waals surface area contributed by atoms with Crippen LogP contribution in [0.2, 0.25) is 0 Å². The van der Waals surface area contributed by atoms with Crippen molar-refractivity contribution in [2.45, 2.75) is 44.7 Å². The lowest BCUT2D eigenvalue weighted by molar-refractivity contribution is 0.102. The summed E-state index contributed by atoms with van der Waals surface area (Å²) in [5.41, 5.74) is 2.54. The van der Waals surface area contributed by atoms with Crippen LogP contribution in [0.1, 0.15) is 48.0 Å². The molecule has 8 nitrogen and oxygen atoms in total. The summed E-state index contributed by atoms with van der Waals surface area (Å²) in [7, 11) is 0. The maximum absolute atomic E-state index is 12.8. The molecular formula is C24H31N7O. The number of benzene rings is 1. The number of nitrogens with zero attached hydrogens (tertiary/aromatic N) is 4. The molecule has 0 radical (unpaired) electrons. The van der Waals surface area contributed by atoms with Crippen molar-refractivity contribution in [3.8, 4) is 0 Å². The molecular weight excluding hydrogens is 402 g/mol. The number of amides is 1. The van der Waals surface area contributed by atoms with E-state index in [0.717, 1.165) is 38.5 Å². The first-order valence-corrected chi connectivity index (χ1v) is 11.7. The van der Waals surface area contributed by atoms with Crippen LogP contribution in [0.4, 0.5) is 11.8 Å². The van der Waals surface area contributed by atoms with Crippen LogP contribution in [0.15, 0.2) is 42.5 Å². The maximum Gasteiger partial charge on any atom is 0.258 e. The Balaban J connectivity index is 1.24. The van der Waals surface area contributed by atoms with Gasteiger partial charge in [-0.1, -0.05) is 37.5 Å². The van der Waals surface area contributed by atoms with Gasteiger partial charge >= 0.3 is 0 Å². The largest absolute Gasteiger partial charge is 0.367 e. The average Bonchev–Trinajstić information content (AvgIpc) is 3.24. The Bertz CT molecular complexity index is 1050. The summed E-state index contributed by atoms with van der Waals surface area (Å²) in [5, 5.41) is 14.4. The molecule has 8 heteroatoms. The highest BCUT2D eigenvalue weighted by Gasteiger charge is 2.16. The van der Waals surface area contributed by atoms with E-state index in [9.17, 15) is 4.79 Å². The predicted molar refractivity (Wildman–Crippen MR) is 126 cm³/mol. The minimum atomic E-state index is -0.198. The molecule has 0 bridgehead atoms. The molecule has 0 unspecified atom stereocenters. The zero-order chi connectivity index (χ0) is 21.8. The van der Waals surface area contributed by atoms with Crippen molar-refractivity contribution in [3.63, 3.8) is 0 Å². The molecule has 2 fully saturated rings. The fourth-order valence-electron chi connectivity index (χ4n) is 4.59. The number of aromatic nitrogens is 3. The quantitative estimate of drug-likeness (QED) is 0.554. The third-order valence-electron chi connectivity index (χ3n) is 6.37. The molecule has 3 N–H and O–H groups in total. The molecule has 1 saturated heterocycles. The highest BCUT2D eigenvalue weighted by atomic mass is 16.1. The SMILES string of the molecule is O=C(Nc1nc2cccc(NC3CCCCC3)n2n1)c1ccc(CN2CCNCC2)cc1. The van der Waals surface area contributed by atoms with E-state index in [2.05, 4.69) is 30.9 Å². The zero-order valence-corrected chi connectivity index (χ0v) is 18.4. The highest BCUT2D eigenvalue weighted by Crippen LogP contribution is 2.22. The van der Waals surface area contributed by atoms with E-state index in [0.29, 0.717) is 23.2 Å². The fraction of sp³-hybridized carbons (Fsp3) is 0.458. The van der Waals surface area contributed by atoms with E-state index < -0.39 is 0 Å². The lowest BCUT2D eigenvalue weighted by Crippen LogP contribution is -2.42. The smallest absolute Gasteiger partial charge is 0.258 e. The molecule has 0 spiro atoms. The van der Waals surface area contributed by atoms with Crippen LogP contribution in [0.25, 0.3) is 5.65 Å². The average molecular weight is 434 g/mol. The number of hydrogen-bond acceptors (Lipinski definition) is 6. The Hall–Kier alpha value is -2.97. The fourth-order valence-corrected chi connectivity index (χ4v) is 4.59. The molecule has 168 valence electrons. The monoisotopic (exact) mass is 433 g/mol. The van der Waals surface area contributed by atoms with Crippen molar-refractivity contribution in [3.05, 3.63) is 53.6 Å². The van der Waals surface area contributed by atoms with Crippen LogP contribution in [-0.2, 0) is 6.54 Å². The highest BCUT2D eigenvalue weighted by molar-refractivity contribution is 6.03. The number of anilines is 2. The lowest BCUT2D eigenvalue weighted by atomic mass is 9.95. The summed E-state index contributed by atoms with van der Waals surface area (Å²) >= 11 is 0. The van der Waals surface area contributed by atoms with Crippen LogP contribution in [0, 0.1) is 0 Å². The van der Waals surface area contributed by atoms with Gasteiger partial charge in [0, 0.05) is 44.3 Å². The van der Waals surface area contributed by atoms with Crippen molar-refractivity contribution >= 4 is 23.3 Å². The van der Waals surface area contributed by atoms with Crippen LogP contribution in [0.3, 0.4) is 0 Å². The van der Waals surface area contributed by atoms with E-state index in [4.69, 9.17) is 0 Å². The van der Waals surface area contributed by atoms with Crippen molar-refractivity contribution in [1.29, 1.82) is 0 Å². The second-order valence-electron chi connectivity index (χ2n) is 8.77. The number of carbonyl (C=O) groups excluding carboxylic acids is 1. The topological polar surface area (TPSA) is 86.6 Å². The first-order valence-electron chi connectivity index (χ1n) is 11.7. The molecule has 5 rings (SSSR count). The number of nitrogens with one attached hydrogen (secondary N) is 3. The Morgan fingerprint density at radius 2 is 1.81 bits per heavy atom. The van der Waals surface area contributed by atoms with Crippen LogP contribution >= 0.6 is 0 Å². The normalized spacial score (nSPS) is 18.0. The van der Waals surface area contributed by atoms with Crippen molar-refractivity contribution in [2.24, 2.45) is 0 Å². The van der Waals surface area contributed by atoms with Crippen LogP contribution in [-0.4, -0.2) is 57.6 Å². The number of carbonyl (C=O) groups is 1.